The van der Waals surface area contributed by atoms with E-state index in [1.165, 1.54) is 12.4 Å². The number of aromatic carboxylic acids is 1. The van der Waals surface area contributed by atoms with Gasteiger partial charge in [0.1, 0.15) is 0 Å². The number of nitrogens with two attached hydrogens (primary N) is 1. The normalized spacial score (nSPS) is 8.94. The zero-order valence-corrected chi connectivity index (χ0v) is 9.92. The second-order valence-electron chi connectivity index (χ2n) is 2.86. The van der Waals surface area contributed by atoms with E-state index in [1.54, 1.807) is 23.7 Å². The molecule has 18 heavy (non-hydrogen) atoms. The quantitative estimate of drug-likeness (QED) is 0.414. The molecule has 0 aliphatic heterocycles. The largest absolute Gasteiger partial charge is 0.476 e. The summed E-state index contributed by atoms with van der Waals surface area (Å²) in [5.41, 5.74) is 2.47. The van der Waals surface area contributed by atoms with Crippen molar-refractivity contribution in [1.29, 1.82) is 0 Å². The highest BCUT2D eigenvalue weighted by atomic mass is 32.1. The fourth-order valence-corrected chi connectivity index (χ4v) is 1.38. The minimum atomic E-state index is -0.958. The van der Waals surface area contributed by atoms with Gasteiger partial charge < -0.3 is 5.11 Å². The first-order chi connectivity index (χ1) is 8.65. The van der Waals surface area contributed by atoms with Crippen molar-refractivity contribution in [3.63, 3.8) is 0 Å². The van der Waals surface area contributed by atoms with Crippen LogP contribution in [0.5, 0.6) is 0 Å². The lowest BCUT2D eigenvalue weighted by molar-refractivity contribution is 0.0696. The smallest absolute Gasteiger partial charge is 0.364 e. The first kappa shape index (κ1) is 13.7. The molecule has 2 heterocycles. The molecule has 0 radical (unpaired) electrons. The highest BCUT2D eigenvalue weighted by Gasteiger charge is 2.01. The molecule has 0 saturated carbocycles. The molecule has 94 valence electrons. The number of hydrazine groups is 1. The molecule has 2 aromatic rings. The van der Waals surface area contributed by atoms with Gasteiger partial charge in [0.05, 0.1) is 5.56 Å². The number of hydrogen-bond donors (Lipinski definition) is 3. The van der Waals surface area contributed by atoms with Crippen molar-refractivity contribution in [3.05, 3.63) is 46.7 Å². The molecule has 0 fully saturated rings. The number of nitrogens with zero attached hydrogens (tertiary/aromatic N) is 2. The molecule has 1 amide bonds. The lowest BCUT2D eigenvalue weighted by atomic mass is 10.3. The van der Waals surface area contributed by atoms with Crippen molar-refractivity contribution in [2.24, 2.45) is 5.84 Å². The molecule has 0 spiro atoms. The SMILES string of the molecule is NNC(=O)c1cccnc1.O=C(O)c1nccs1. The first-order valence-corrected chi connectivity index (χ1v) is 5.57. The number of rotatable bonds is 2. The number of nitrogens with one attached hydrogen (secondary N) is 1. The van der Waals surface area contributed by atoms with Crippen LogP contribution in [0.1, 0.15) is 20.2 Å². The van der Waals surface area contributed by atoms with Gasteiger partial charge in [0.2, 0.25) is 5.01 Å². The Morgan fingerprint density at radius 2 is 2.17 bits per heavy atom. The van der Waals surface area contributed by atoms with Gasteiger partial charge in [-0.15, -0.1) is 11.3 Å². The number of amides is 1. The van der Waals surface area contributed by atoms with Gasteiger partial charge in [0, 0.05) is 24.0 Å². The minimum Gasteiger partial charge on any atom is -0.476 e. The molecule has 0 atom stereocenters. The van der Waals surface area contributed by atoms with E-state index >= 15 is 0 Å². The second kappa shape index (κ2) is 7.09. The Labute approximate surface area is 106 Å². The lowest BCUT2D eigenvalue weighted by Crippen LogP contribution is -2.29. The van der Waals surface area contributed by atoms with Crippen LogP contribution >= 0.6 is 11.3 Å². The summed E-state index contributed by atoms with van der Waals surface area (Å²) in [6, 6.07) is 3.31. The van der Waals surface area contributed by atoms with E-state index in [-0.39, 0.29) is 10.9 Å². The van der Waals surface area contributed by atoms with Crippen molar-refractivity contribution < 1.29 is 14.7 Å². The Kier molecular flexibility index (Phi) is 5.42. The first-order valence-electron chi connectivity index (χ1n) is 4.69. The Hall–Kier alpha value is -2.32. The Bertz CT molecular complexity index is 501. The molecule has 4 N–H and O–H groups in total. The highest BCUT2D eigenvalue weighted by Crippen LogP contribution is 2.01. The molecule has 2 aromatic heterocycles. The number of hydrogen-bond acceptors (Lipinski definition) is 6. The van der Waals surface area contributed by atoms with E-state index in [0.29, 0.717) is 5.56 Å². The fourth-order valence-electron chi connectivity index (χ4n) is 0.909. The second-order valence-corrected chi connectivity index (χ2v) is 3.75. The van der Waals surface area contributed by atoms with Crippen molar-refractivity contribution in [1.82, 2.24) is 15.4 Å². The van der Waals surface area contributed by atoms with Crippen molar-refractivity contribution in [3.8, 4) is 0 Å². The number of thiazole rings is 1. The standard InChI is InChI=1S/C6H7N3O.C4H3NO2S/c7-9-6(10)5-2-1-3-8-4-5;6-4(7)3-5-1-2-8-3/h1-4H,7H2,(H,9,10);1-2H,(H,6,7). The lowest BCUT2D eigenvalue weighted by Gasteiger charge is -1.95. The Morgan fingerprint density at radius 1 is 1.39 bits per heavy atom. The summed E-state index contributed by atoms with van der Waals surface area (Å²) < 4.78 is 0. The van der Waals surface area contributed by atoms with Crippen LogP contribution in [0, 0.1) is 0 Å². The van der Waals surface area contributed by atoms with Crippen LogP contribution in [-0.2, 0) is 0 Å². The molecule has 7 nitrogen and oxygen atoms in total. The molecule has 2 rings (SSSR count). The third kappa shape index (κ3) is 4.28. The number of carbonyl (C=O) groups is 2. The fraction of sp³-hybridized carbons (Fsp3) is 0. The molecule has 0 aromatic carbocycles. The average molecular weight is 266 g/mol. The van der Waals surface area contributed by atoms with Gasteiger partial charge in [-0.3, -0.25) is 15.2 Å². The van der Waals surface area contributed by atoms with Crippen LogP contribution in [0.15, 0.2) is 36.1 Å². The van der Waals surface area contributed by atoms with Crippen LogP contribution in [0.2, 0.25) is 0 Å². The maximum atomic E-state index is 10.7. The number of carboxylic acids is 1. The van der Waals surface area contributed by atoms with E-state index < -0.39 is 5.97 Å². The summed E-state index contributed by atoms with van der Waals surface area (Å²) >= 11 is 1.12. The Morgan fingerprint density at radius 3 is 2.56 bits per heavy atom. The minimum absolute atomic E-state index is 0.144. The van der Waals surface area contributed by atoms with Crippen LogP contribution in [0.3, 0.4) is 0 Å². The third-order valence-corrected chi connectivity index (χ3v) is 2.43. The summed E-state index contributed by atoms with van der Waals surface area (Å²) in [5, 5.41) is 9.99. The highest BCUT2D eigenvalue weighted by molar-refractivity contribution is 7.11. The summed E-state index contributed by atoms with van der Waals surface area (Å²) in [7, 11) is 0. The van der Waals surface area contributed by atoms with Gasteiger partial charge in [-0.2, -0.15) is 0 Å². The molecule has 0 unspecified atom stereocenters. The molecule has 8 heteroatoms. The average Bonchev–Trinajstić information content (AvgIpc) is 2.94. The maximum Gasteiger partial charge on any atom is 0.364 e. The van der Waals surface area contributed by atoms with Gasteiger partial charge in [-0.25, -0.2) is 15.6 Å². The molecule has 0 bridgehead atoms. The zero-order chi connectivity index (χ0) is 13.4. The van der Waals surface area contributed by atoms with E-state index in [1.807, 2.05) is 5.43 Å². The van der Waals surface area contributed by atoms with Crippen molar-refractivity contribution in [2.75, 3.05) is 0 Å². The van der Waals surface area contributed by atoms with E-state index in [9.17, 15) is 9.59 Å². The monoisotopic (exact) mass is 266 g/mol. The summed E-state index contributed by atoms with van der Waals surface area (Å²) in [5.74, 6) is 3.59. The number of aromatic nitrogens is 2. The van der Waals surface area contributed by atoms with Gasteiger partial charge in [0.15, 0.2) is 0 Å². The van der Waals surface area contributed by atoms with E-state index in [4.69, 9.17) is 10.9 Å². The van der Waals surface area contributed by atoms with Crippen molar-refractivity contribution in [2.45, 2.75) is 0 Å². The summed E-state index contributed by atoms with van der Waals surface area (Å²) in [6.45, 7) is 0. The molecular formula is C10H10N4O3S. The topological polar surface area (TPSA) is 118 Å². The van der Waals surface area contributed by atoms with Gasteiger partial charge in [-0.1, -0.05) is 0 Å². The number of nitrogen functional groups attached to an aromatic ring is 1. The number of carboxylic acid groups (broad SMARTS) is 1. The number of carbonyl (C=O) groups excluding carboxylic acids is 1. The van der Waals surface area contributed by atoms with Gasteiger partial charge in [0.25, 0.3) is 5.91 Å². The Balaban J connectivity index is 0.000000184. The van der Waals surface area contributed by atoms with E-state index in [0.717, 1.165) is 11.3 Å². The van der Waals surface area contributed by atoms with Crippen LogP contribution in [0.4, 0.5) is 0 Å². The molecular weight excluding hydrogens is 256 g/mol. The van der Waals surface area contributed by atoms with Crippen LogP contribution in [0.25, 0.3) is 0 Å². The zero-order valence-electron chi connectivity index (χ0n) is 9.11. The van der Waals surface area contributed by atoms with Gasteiger partial charge >= 0.3 is 5.97 Å². The summed E-state index contributed by atoms with van der Waals surface area (Å²) in [4.78, 5) is 28.0. The maximum absolute atomic E-state index is 10.7. The van der Waals surface area contributed by atoms with Crippen LogP contribution < -0.4 is 11.3 Å². The van der Waals surface area contributed by atoms with E-state index in [2.05, 4.69) is 9.97 Å². The predicted octanol–water partition coefficient (Wildman–Crippen LogP) is 0.526. The predicted molar refractivity (Wildman–Crippen MR) is 65.0 cm³/mol. The third-order valence-electron chi connectivity index (χ3n) is 1.67. The number of pyridine rings is 1. The van der Waals surface area contributed by atoms with Crippen molar-refractivity contribution >= 4 is 23.2 Å². The molecule has 0 aliphatic carbocycles. The van der Waals surface area contributed by atoms with Gasteiger partial charge in [-0.05, 0) is 12.1 Å². The molecule has 0 aliphatic rings. The van der Waals surface area contributed by atoms with Crippen LogP contribution in [-0.4, -0.2) is 27.0 Å². The summed E-state index contributed by atoms with van der Waals surface area (Å²) in [6.07, 6.45) is 4.50. The molecule has 0 saturated heterocycles.